The van der Waals surface area contributed by atoms with Crippen LogP contribution in [-0.4, -0.2) is 17.6 Å². The van der Waals surface area contributed by atoms with Gasteiger partial charge in [-0.05, 0) is 18.2 Å². The highest BCUT2D eigenvalue weighted by Crippen LogP contribution is 2.38. The summed E-state index contributed by atoms with van der Waals surface area (Å²) in [6.45, 7) is 0.00185. The molecule has 0 aromatic heterocycles. The molecule has 2 aromatic carbocycles. The summed E-state index contributed by atoms with van der Waals surface area (Å²) in [5.41, 5.74) is 0.344. The maximum absolute atomic E-state index is 13.5. The molecule has 0 bridgehead atoms. The van der Waals surface area contributed by atoms with Crippen LogP contribution in [0.1, 0.15) is 11.1 Å². The Kier molecular flexibility index (Phi) is 4.60. The van der Waals surface area contributed by atoms with E-state index in [-0.39, 0.29) is 30.3 Å². The maximum atomic E-state index is 13.5. The number of amides is 1. The Morgan fingerprint density at radius 2 is 2.00 bits per heavy atom. The van der Waals surface area contributed by atoms with Crippen LogP contribution >= 0.6 is 0 Å². The predicted molar refractivity (Wildman–Crippen MR) is 86.5 cm³/mol. The molecule has 128 valence electrons. The topological polar surface area (TPSA) is 90.7 Å². The van der Waals surface area contributed by atoms with Crippen molar-refractivity contribution in [2.24, 2.45) is 0 Å². The zero-order valence-electron chi connectivity index (χ0n) is 12.9. The Labute approximate surface area is 141 Å². The van der Waals surface area contributed by atoms with E-state index in [0.29, 0.717) is 11.3 Å². The number of hydrogen-bond donors (Lipinski definition) is 1. The van der Waals surface area contributed by atoms with Crippen molar-refractivity contribution in [2.75, 3.05) is 6.79 Å². The molecule has 0 saturated heterocycles. The molecule has 0 spiro atoms. The highest BCUT2D eigenvalue weighted by atomic mass is 19.1. The first-order valence-electron chi connectivity index (χ1n) is 7.32. The average molecular weight is 344 g/mol. The highest BCUT2D eigenvalue weighted by Gasteiger charge is 2.22. The monoisotopic (exact) mass is 344 g/mol. The van der Waals surface area contributed by atoms with E-state index in [2.05, 4.69) is 5.32 Å². The molecule has 1 aliphatic rings. The third-order valence-corrected chi connectivity index (χ3v) is 3.54. The lowest BCUT2D eigenvalue weighted by Gasteiger charge is -2.04. The van der Waals surface area contributed by atoms with E-state index < -0.39 is 16.6 Å². The van der Waals surface area contributed by atoms with Crippen LogP contribution in [0.15, 0.2) is 42.5 Å². The van der Waals surface area contributed by atoms with Crippen molar-refractivity contribution in [2.45, 2.75) is 6.54 Å². The second kappa shape index (κ2) is 7.00. The van der Waals surface area contributed by atoms with Crippen LogP contribution in [0.3, 0.4) is 0 Å². The Balaban J connectivity index is 1.72. The van der Waals surface area contributed by atoms with Crippen molar-refractivity contribution >= 4 is 17.7 Å². The standard InChI is InChI=1S/C17H13FN2O5/c18-13-4-2-1-3-12(13)9-19-17(21)6-5-11-7-15-16(25-10-24-15)8-14(11)20(22)23/h1-8H,9-10H2,(H,19,21). The van der Waals surface area contributed by atoms with Gasteiger partial charge in [0.1, 0.15) is 5.82 Å². The van der Waals surface area contributed by atoms with E-state index >= 15 is 0 Å². The number of carbonyl (C=O) groups excluding carboxylic acids is 1. The predicted octanol–water partition coefficient (Wildman–Crippen LogP) is 2.79. The van der Waals surface area contributed by atoms with Gasteiger partial charge in [0.2, 0.25) is 12.7 Å². The van der Waals surface area contributed by atoms with Gasteiger partial charge >= 0.3 is 0 Å². The van der Waals surface area contributed by atoms with E-state index in [1.807, 2.05) is 0 Å². The molecule has 0 saturated carbocycles. The fraction of sp³-hybridized carbons (Fsp3) is 0.118. The first-order valence-corrected chi connectivity index (χ1v) is 7.32. The molecule has 2 aromatic rings. The molecular weight excluding hydrogens is 331 g/mol. The molecule has 0 fully saturated rings. The Morgan fingerprint density at radius 3 is 2.72 bits per heavy atom. The van der Waals surface area contributed by atoms with Crippen LogP contribution in [0.25, 0.3) is 6.08 Å². The van der Waals surface area contributed by atoms with Crippen LogP contribution in [0.5, 0.6) is 11.5 Å². The third-order valence-electron chi connectivity index (χ3n) is 3.54. The van der Waals surface area contributed by atoms with Gasteiger partial charge in [-0.3, -0.25) is 14.9 Å². The van der Waals surface area contributed by atoms with Gasteiger partial charge in [0.15, 0.2) is 11.5 Å². The van der Waals surface area contributed by atoms with E-state index in [0.717, 1.165) is 6.08 Å². The molecule has 1 aliphatic heterocycles. The number of halogens is 1. The van der Waals surface area contributed by atoms with Crippen LogP contribution in [0, 0.1) is 15.9 Å². The quantitative estimate of drug-likeness (QED) is 0.512. The average Bonchev–Trinajstić information content (AvgIpc) is 3.05. The lowest BCUT2D eigenvalue weighted by molar-refractivity contribution is -0.385. The van der Waals surface area contributed by atoms with Crippen molar-refractivity contribution in [3.8, 4) is 11.5 Å². The number of benzene rings is 2. The Bertz CT molecular complexity index is 866. The van der Waals surface area contributed by atoms with Crippen LogP contribution < -0.4 is 14.8 Å². The summed E-state index contributed by atoms with van der Waals surface area (Å²) in [6.07, 6.45) is 2.45. The maximum Gasteiger partial charge on any atom is 0.280 e. The van der Waals surface area contributed by atoms with E-state index in [1.165, 1.54) is 24.3 Å². The van der Waals surface area contributed by atoms with Gasteiger partial charge in [-0.1, -0.05) is 18.2 Å². The molecule has 0 unspecified atom stereocenters. The summed E-state index contributed by atoms with van der Waals surface area (Å²) in [7, 11) is 0. The number of hydrogen-bond acceptors (Lipinski definition) is 5. The lowest BCUT2D eigenvalue weighted by atomic mass is 10.1. The van der Waals surface area contributed by atoms with Gasteiger partial charge < -0.3 is 14.8 Å². The summed E-state index contributed by atoms with van der Waals surface area (Å²) in [5.74, 6) is -0.265. The molecule has 0 radical (unpaired) electrons. The zero-order chi connectivity index (χ0) is 17.8. The molecule has 7 nitrogen and oxygen atoms in total. The SMILES string of the molecule is O=C(C=Cc1cc2c(cc1[N+](=O)[O-])OCO2)NCc1ccccc1F. The zero-order valence-corrected chi connectivity index (χ0v) is 12.9. The van der Waals surface area contributed by atoms with Gasteiger partial charge in [0.25, 0.3) is 5.69 Å². The summed E-state index contributed by atoms with van der Waals surface area (Å²) in [6, 6.07) is 8.76. The summed E-state index contributed by atoms with van der Waals surface area (Å²) >= 11 is 0. The summed E-state index contributed by atoms with van der Waals surface area (Å²) in [5, 5.41) is 13.7. The Hall–Kier alpha value is -3.42. The van der Waals surface area contributed by atoms with Gasteiger partial charge in [-0.15, -0.1) is 0 Å². The fourth-order valence-corrected chi connectivity index (χ4v) is 2.29. The van der Waals surface area contributed by atoms with E-state index in [9.17, 15) is 19.3 Å². The van der Waals surface area contributed by atoms with E-state index in [4.69, 9.17) is 9.47 Å². The number of nitrogens with zero attached hydrogens (tertiary/aromatic N) is 1. The first-order chi connectivity index (χ1) is 12.0. The van der Waals surface area contributed by atoms with E-state index in [1.54, 1.807) is 18.2 Å². The van der Waals surface area contributed by atoms with Gasteiger partial charge in [0.05, 0.1) is 16.6 Å². The normalized spacial score (nSPS) is 12.4. The molecule has 8 heteroatoms. The number of rotatable bonds is 5. The van der Waals surface area contributed by atoms with Crippen LogP contribution in [0.4, 0.5) is 10.1 Å². The first kappa shape index (κ1) is 16.4. The molecule has 0 aliphatic carbocycles. The number of nitro benzene ring substituents is 1. The minimum atomic E-state index is -0.571. The van der Waals surface area contributed by atoms with Crippen LogP contribution in [0.2, 0.25) is 0 Å². The number of nitrogens with one attached hydrogen (secondary N) is 1. The van der Waals surface area contributed by atoms with Crippen molar-refractivity contribution < 1.29 is 23.6 Å². The van der Waals surface area contributed by atoms with Crippen molar-refractivity contribution in [1.29, 1.82) is 0 Å². The van der Waals surface area contributed by atoms with Gasteiger partial charge in [-0.2, -0.15) is 0 Å². The molecule has 3 rings (SSSR count). The second-order valence-electron chi connectivity index (χ2n) is 5.16. The molecule has 1 amide bonds. The minimum Gasteiger partial charge on any atom is -0.454 e. The van der Waals surface area contributed by atoms with Crippen LogP contribution in [-0.2, 0) is 11.3 Å². The van der Waals surface area contributed by atoms with Crippen molar-refractivity contribution in [1.82, 2.24) is 5.32 Å². The van der Waals surface area contributed by atoms with Crippen molar-refractivity contribution in [3.63, 3.8) is 0 Å². The fourth-order valence-electron chi connectivity index (χ4n) is 2.29. The molecule has 25 heavy (non-hydrogen) atoms. The molecule has 0 atom stereocenters. The van der Waals surface area contributed by atoms with Crippen molar-refractivity contribution in [3.05, 3.63) is 69.5 Å². The summed E-state index contributed by atoms with van der Waals surface area (Å²) in [4.78, 5) is 22.4. The second-order valence-corrected chi connectivity index (χ2v) is 5.16. The molecular formula is C17H13FN2O5. The highest BCUT2D eigenvalue weighted by molar-refractivity contribution is 5.92. The minimum absolute atomic E-state index is 0.0111. The number of ether oxygens (including phenoxy) is 2. The largest absolute Gasteiger partial charge is 0.454 e. The molecule has 1 N–H and O–H groups in total. The number of carbonyl (C=O) groups is 1. The number of fused-ring (bicyclic) bond motifs is 1. The smallest absolute Gasteiger partial charge is 0.280 e. The molecule has 1 heterocycles. The Morgan fingerprint density at radius 1 is 1.28 bits per heavy atom. The lowest BCUT2D eigenvalue weighted by Crippen LogP contribution is -2.20. The van der Waals surface area contributed by atoms with Gasteiger partial charge in [0, 0.05) is 18.2 Å². The van der Waals surface area contributed by atoms with Gasteiger partial charge in [-0.25, -0.2) is 4.39 Å². The third kappa shape index (κ3) is 3.74. The number of nitro groups is 1. The summed E-state index contributed by atoms with van der Waals surface area (Å²) < 4.78 is 23.8.